The Labute approximate surface area is 131 Å². The van der Waals surface area contributed by atoms with Crippen LogP contribution in [0.15, 0.2) is 18.2 Å². The molecule has 0 radical (unpaired) electrons. The lowest BCUT2D eigenvalue weighted by Crippen LogP contribution is -2.32. The van der Waals surface area contributed by atoms with E-state index in [-0.39, 0.29) is 13.0 Å². The van der Waals surface area contributed by atoms with Crippen LogP contribution in [0.2, 0.25) is 0 Å². The van der Waals surface area contributed by atoms with E-state index in [0.717, 1.165) is 11.1 Å². The topological polar surface area (TPSA) is 81.8 Å². The van der Waals surface area contributed by atoms with Gasteiger partial charge in [0.05, 0.1) is 13.2 Å². The Kier molecular flexibility index (Phi) is 11.0. The van der Waals surface area contributed by atoms with Gasteiger partial charge in [-0.1, -0.05) is 19.9 Å². The Bertz CT molecular complexity index is 440. The minimum absolute atomic E-state index is 0.0654. The molecule has 0 aliphatic heterocycles. The average Bonchev–Trinajstić information content (AvgIpc) is 2.52. The van der Waals surface area contributed by atoms with Crippen molar-refractivity contribution in [3.8, 4) is 5.75 Å². The predicted octanol–water partition coefficient (Wildman–Crippen LogP) is 2.34. The van der Waals surface area contributed by atoms with Gasteiger partial charge in [-0.05, 0) is 36.6 Å². The normalized spacial score (nSPS) is 11.3. The van der Waals surface area contributed by atoms with Crippen LogP contribution in [-0.4, -0.2) is 43.6 Å². The lowest BCUT2D eigenvalue weighted by Gasteiger charge is -2.12. The summed E-state index contributed by atoms with van der Waals surface area (Å²) in [5.41, 5.74) is 7.32. The molecule has 6 heteroatoms. The number of nitrogens with two attached hydrogens (primary N) is 1. The van der Waals surface area contributed by atoms with Crippen molar-refractivity contribution < 1.29 is 23.8 Å². The molecule has 1 rings (SSSR count). The summed E-state index contributed by atoms with van der Waals surface area (Å²) in [4.78, 5) is 10.8. The highest BCUT2D eigenvalue weighted by molar-refractivity contribution is 5.73. The van der Waals surface area contributed by atoms with Gasteiger partial charge < -0.3 is 20.3 Å². The van der Waals surface area contributed by atoms with Crippen molar-refractivity contribution in [3.63, 3.8) is 0 Å². The van der Waals surface area contributed by atoms with E-state index in [1.807, 2.05) is 26.8 Å². The summed E-state index contributed by atoms with van der Waals surface area (Å²) in [6.45, 7) is 6.06. The Morgan fingerprint density at radius 2 is 2.00 bits per heavy atom. The van der Waals surface area contributed by atoms with Crippen LogP contribution < -0.4 is 10.5 Å². The Balaban J connectivity index is 0.00000211. The Morgan fingerprint density at radius 1 is 1.32 bits per heavy atom. The van der Waals surface area contributed by atoms with Crippen LogP contribution in [-0.2, 0) is 16.0 Å². The number of alkyl halides is 1. The first kappa shape index (κ1) is 20.3. The Morgan fingerprint density at radius 3 is 2.59 bits per heavy atom. The molecule has 0 aromatic heterocycles. The highest BCUT2D eigenvalue weighted by Gasteiger charge is 2.14. The van der Waals surface area contributed by atoms with Crippen molar-refractivity contribution in [3.05, 3.63) is 29.3 Å². The van der Waals surface area contributed by atoms with Crippen molar-refractivity contribution in [2.45, 2.75) is 33.2 Å². The second kappa shape index (κ2) is 11.9. The molecule has 0 amide bonds. The van der Waals surface area contributed by atoms with Gasteiger partial charge in [-0.2, -0.15) is 0 Å². The fraction of sp³-hybridized carbons (Fsp3) is 0.562. The monoisotopic (exact) mass is 315 g/mol. The summed E-state index contributed by atoms with van der Waals surface area (Å²) < 4.78 is 22.2. The number of carbonyl (C=O) groups is 1. The molecule has 0 aliphatic carbocycles. The van der Waals surface area contributed by atoms with Crippen LogP contribution in [0.4, 0.5) is 4.39 Å². The molecule has 1 aromatic rings. The number of carboxylic acids is 1. The first-order valence-electron chi connectivity index (χ1n) is 7.39. The lowest BCUT2D eigenvalue weighted by molar-refractivity contribution is -0.138. The summed E-state index contributed by atoms with van der Waals surface area (Å²) >= 11 is 0. The summed E-state index contributed by atoms with van der Waals surface area (Å²) in [6, 6.07) is 4.48. The molecule has 0 saturated carbocycles. The van der Waals surface area contributed by atoms with Crippen molar-refractivity contribution >= 4 is 5.97 Å². The molecule has 0 bridgehead atoms. The Hall–Kier alpha value is -1.66. The van der Waals surface area contributed by atoms with E-state index in [2.05, 4.69) is 0 Å². The molecule has 22 heavy (non-hydrogen) atoms. The van der Waals surface area contributed by atoms with Gasteiger partial charge in [-0.3, -0.25) is 4.79 Å². The number of aryl methyl sites for hydroxylation is 1. The average molecular weight is 315 g/mol. The quantitative estimate of drug-likeness (QED) is 0.684. The standard InChI is InChI=1S/C14H20FNO4.C2H6/c1-10-2-3-12(20-7-6-19-5-4-15)8-11(10)9-13(16)14(17)18;1-2/h2-3,8,13H,4-7,9,16H2,1H3,(H,17,18);1-2H3. The third-order valence-corrected chi connectivity index (χ3v) is 2.80. The maximum atomic E-state index is 11.8. The number of hydrogen-bond donors (Lipinski definition) is 2. The van der Waals surface area contributed by atoms with E-state index in [1.54, 1.807) is 12.1 Å². The van der Waals surface area contributed by atoms with Gasteiger partial charge in [0.15, 0.2) is 0 Å². The zero-order chi connectivity index (χ0) is 17.0. The van der Waals surface area contributed by atoms with Crippen molar-refractivity contribution in [2.24, 2.45) is 5.73 Å². The van der Waals surface area contributed by atoms with Gasteiger partial charge in [0.2, 0.25) is 0 Å². The second-order valence-corrected chi connectivity index (χ2v) is 4.39. The van der Waals surface area contributed by atoms with Gasteiger partial charge in [0.25, 0.3) is 0 Å². The maximum Gasteiger partial charge on any atom is 0.320 e. The van der Waals surface area contributed by atoms with Crippen LogP contribution in [0.3, 0.4) is 0 Å². The number of hydrogen-bond acceptors (Lipinski definition) is 4. The van der Waals surface area contributed by atoms with Crippen molar-refractivity contribution in [1.82, 2.24) is 0 Å². The lowest BCUT2D eigenvalue weighted by atomic mass is 10.0. The van der Waals surface area contributed by atoms with Crippen LogP contribution in [0.25, 0.3) is 0 Å². The van der Waals surface area contributed by atoms with Gasteiger partial charge in [-0.15, -0.1) is 0 Å². The fourth-order valence-corrected chi connectivity index (χ4v) is 1.66. The van der Waals surface area contributed by atoms with E-state index in [0.29, 0.717) is 19.0 Å². The highest BCUT2D eigenvalue weighted by atomic mass is 19.1. The minimum atomic E-state index is -1.03. The SMILES string of the molecule is CC.Cc1ccc(OCCOCCF)cc1CC(N)C(=O)O. The summed E-state index contributed by atoms with van der Waals surface area (Å²) in [5.74, 6) is -0.414. The van der Waals surface area contributed by atoms with Crippen LogP contribution in [0.1, 0.15) is 25.0 Å². The molecule has 1 unspecified atom stereocenters. The smallest absolute Gasteiger partial charge is 0.320 e. The molecule has 1 atom stereocenters. The summed E-state index contributed by atoms with van der Waals surface area (Å²) in [7, 11) is 0. The summed E-state index contributed by atoms with van der Waals surface area (Å²) in [6.07, 6.45) is 0.247. The van der Waals surface area contributed by atoms with Gasteiger partial charge in [0, 0.05) is 0 Å². The second-order valence-electron chi connectivity index (χ2n) is 4.39. The predicted molar refractivity (Wildman–Crippen MR) is 84.1 cm³/mol. The molecule has 3 N–H and O–H groups in total. The molecule has 0 fully saturated rings. The third-order valence-electron chi connectivity index (χ3n) is 2.80. The number of aliphatic carboxylic acids is 1. The number of carboxylic acid groups (broad SMARTS) is 1. The van der Waals surface area contributed by atoms with Crippen LogP contribution in [0, 0.1) is 6.92 Å². The van der Waals surface area contributed by atoms with Crippen LogP contribution >= 0.6 is 0 Å². The number of ether oxygens (including phenoxy) is 2. The molecule has 1 aromatic carbocycles. The van der Waals surface area contributed by atoms with E-state index >= 15 is 0 Å². The third kappa shape index (κ3) is 7.95. The first-order valence-corrected chi connectivity index (χ1v) is 7.39. The van der Waals surface area contributed by atoms with E-state index in [4.69, 9.17) is 20.3 Å². The van der Waals surface area contributed by atoms with Gasteiger partial charge in [-0.25, -0.2) is 4.39 Å². The molecule has 0 heterocycles. The van der Waals surface area contributed by atoms with E-state index < -0.39 is 18.7 Å². The number of rotatable bonds is 9. The summed E-state index contributed by atoms with van der Waals surface area (Å²) in [5, 5.41) is 8.82. The van der Waals surface area contributed by atoms with Crippen molar-refractivity contribution in [2.75, 3.05) is 26.5 Å². The van der Waals surface area contributed by atoms with Gasteiger partial charge >= 0.3 is 5.97 Å². The molecule has 126 valence electrons. The molecule has 5 nitrogen and oxygen atoms in total. The van der Waals surface area contributed by atoms with E-state index in [9.17, 15) is 9.18 Å². The first-order chi connectivity index (χ1) is 10.5. The molecular weight excluding hydrogens is 289 g/mol. The van der Waals surface area contributed by atoms with Crippen molar-refractivity contribution in [1.29, 1.82) is 0 Å². The molecule has 0 spiro atoms. The largest absolute Gasteiger partial charge is 0.491 e. The number of halogens is 1. The molecular formula is C16H26FNO4. The van der Waals surface area contributed by atoms with E-state index in [1.165, 1.54) is 0 Å². The van der Waals surface area contributed by atoms with Gasteiger partial charge in [0.1, 0.15) is 25.1 Å². The molecule has 0 aliphatic rings. The zero-order valence-electron chi connectivity index (χ0n) is 13.5. The minimum Gasteiger partial charge on any atom is -0.491 e. The highest BCUT2D eigenvalue weighted by Crippen LogP contribution is 2.18. The molecule has 0 saturated heterocycles. The zero-order valence-corrected chi connectivity index (χ0v) is 13.5. The maximum absolute atomic E-state index is 11.8. The fourth-order valence-electron chi connectivity index (χ4n) is 1.66. The number of benzene rings is 1. The van der Waals surface area contributed by atoms with Crippen LogP contribution in [0.5, 0.6) is 5.75 Å².